The summed E-state index contributed by atoms with van der Waals surface area (Å²) in [6, 6.07) is 11.1. The summed E-state index contributed by atoms with van der Waals surface area (Å²) in [5.74, 6) is 1.19. The van der Waals surface area contributed by atoms with E-state index in [4.69, 9.17) is 36.3 Å². The van der Waals surface area contributed by atoms with E-state index < -0.39 is 5.92 Å². The van der Waals surface area contributed by atoms with Crippen molar-refractivity contribution in [3.05, 3.63) is 64.1 Å². The number of allylic oxidation sites excluding steroid dienone is 1. The fourth-order valence-corrected chi connectivity index (χ4v) is 4.04. The maximum absolute atomic E-state index is 9.88. The van der Waals surface area contributed by atoms with Crippen molar-refractivity contribution in [3.63, 3.8) is 0 Å². The molecule has 8 heteroatoms. The molecule has 2 heterocycles. The van der Waals surface area contributed by atoms with Gasteiger partial charge in [0.1, 0.15) is 17.2 Å². The minimum atomic E-state index is -0.600. The summed E-state index contributed by atoms with van der Waals surface area (Å²) >= 11 is 6.55. The van der Waals surface area contributed by atoms with Crippen molar-refractivity contribution in [1.82, 2.24) is 4.98 Å². The second-order valence-corrected chi connectivity index (χ2v) is 6.93. The molecule has 7 nitrogen and oxygen atoms in total. The average molecular weight is 424 g/mol. The number of aromatic nitrogens is 1. The minimum absolute atomic E-state index is 0.00103. The summed E-state index contributed by atoms with van der Waals surface area (Å²) in [4.78, 5) is 4.43. The van der Waals surface area contributed by atoms with E-state index in [0.29, 0.717) is 44.7 Å². The largest absolute Gasteiger partial charge is 0.493 e. The van der Waals surface area contributed by atoms with Crippen LogP contribution in [-0.4, -0.2) is 26.3 Å². The van der Waals surface area contributed by atoms with Gasteiger partial charge in [-0.15, -0.1) is 0 Å². The molecule has 0 saturated carbocycles. The first kappa shape index (κ1) is 19.7. The molecule has 30 heavy (non-hydrogen) atoms. The molecule has 0 aliphatic carbocycles. The predicted molar refractivity (Wildman–Crippen MR) is 112 cm³/mol. The molecule has 1 atom stereocenters. The zero-order valence-corrected chi connectivity index (χ0v) is 17.3. The van der Waals surface area contributed by atoms with Gasteiger partial charge in [0.2, 0.25) is 11.6 Å². The molecule has 1 aliphatic rings. The molecule has 1 aromatic heterocycles. The van der Waals surface area contributed by atoms with Crippen molar-refractivity contribution in [1.29, 1.82) is 5.26 Å². The molecule has 0 spiro atoms. The van der Waals surface area contributed by atoms with Crippen LogP contribution in [0.15, 0.2) is 48.0 Å². The molecule has 0 radical (unpaired) electrons. The smallest absolute Gasteiger partial charge is 0.205 e. The second-order valence-electron chi connectivity index (χ2n) is 6.52. The number of nitrogens with two attached hydrogens (primary N) is 1. The van der Waals surface area contributed by atoms with Gasteiger partial charge in [0.25, 0.3) is 0 Å². The minimum Gasteiger partial charge on any atom is -0.493 e. The Morgan fingerprint density at radius 3 is 2.53 bits per heavy atom. The zero-order valence-electron chi connectivity index (χ0n) is 16.5. The van der Waals surface area contributed by atoms with Crippen LogP contribution in [0.25, 0.3) is 10.9 Å². The first-order valence-electron chi connectivity index (χ1n) is 8.99. The summed E-state index contributed by atoms with van der Waals surface area (Å²) in [6.07, 6.45) is 1.65. The lowest BCUT2D eigenvalue weighted by Gasteiger charge is -2.29. The molecule has 3 aromatic rings. The SMILES string of the molecule is COc1ccc(C2C(C#N)=C(N)Oc3c2cc(Cl)c2cccnc32)c(OC)c1OC. The number of pyridine rings is 1. The van der Waals surface area contributed by atoms with Gasteiger partial charge in [-0.3, -0.25) is 4.98 Å². The fourth-order valence-electron chi connectivity index (χ4n) is 3.77. The number of halogens is 1. The number of fused-ring (bicyclic) bond motifs is 3. The number of nitrogens with zero attached hydrogens (tertiary/aromatic N) is 2. The molecule has 1 aliphatic heterocycles. The van der Waals surface area contributed by atoms with Gasteiger partial charge >= 0.3 is 0 Å². The molecule has 0 bridgehead atoms. The van der Waals surface area contributed by atoms with E-state index in [-0.39, 0.29) is 11.5 Å². The van der Waals surface area contributed by atoms with Crippen molar-refractivity contribution < 1.29 is 18.9 Å². The van der Waals surface area contributed by atoms with Crippen LogP contribution < -0.4 is 24.7 Å². The highest BCUT2D eigenvalue weighted by Crippen LogP contribution is 2.51. The van der Waals surface area contributed by atoms with E-state index in [1.165, 1.54) is 21.3 Å². The van der Waals surface area contributed by atoms with E-state index in [9.17, 15) is 5.26 Å². The first-order chi connectivity index (χ1) is 14.5. The van der Waals surface area contributed by atoms with E-state index in [0.717, 1.165) is 5.39 Å². The Morgan fingerprint density at radius 1 is 1.10 bits per heavy atom. The van der Waals surface area contributed by atoms with Gasteiger partial charge < -0.3 is 24.7 Å². The number of methoxy groups -OCH3 is 3. The third kappa shape index (κ3) is 2.85. The van der Waals surface area contributed by atoms with Crippen molar-refractivity contribution in [3.8, 4) is 29.1 Å². The van der Waals surface area contributed by atoms with E-state index in [1.807, 2.05) is 6.07 Å². The number of rotatable bonds is 4. The van der Waals surface area contributed by atoms with E-state index in [2.05, 4.69) is 11.1 Å². The average Bonchev–Trinajstić information content (AvgIpc) is 2.78. The summed E-state index contributed by atoms with van der Waals surface area (Å²) in [6.45, 7) is 0. The Morgan fingerprint density at radius 2 is 1.87 bits per heavy atom. The highest BCUT2D eigenvalue weighted by molar-refractivity contribution is 6.35. The van der Waals surface area contributed by atoms with E-state index in [1.54, 1.807) is 30.5 Å². The van der Waals surface area contributed by atoms with Gasteiger partial charge in [0.15, 0.2) is 17.2 Å². The van der Waals surface area contributed by atoms with Gasteiger partial charge in [-0.05, 0) is 24.3 Å². The van der Waals surface area contributed by atoms with Crippen LogP contribution in [-0.2, 0) is 0 Å². The first-order valence-corrected chi connectivity index (χ1v) is 9.37. The molecule has 1 unspecified atom stereocenters. The standard InChI is InChI=1S/C22H18ClN3O4/c1-27-16-7-6-12(20(28-2)21(16)29-3)17-13-9-15(23)11-5-4-8-26-18(11)19(13)30-22(25)14(17)10-24/h4-9,17H,25H2,1-3H3. The third-order valence-electron chi connectivity index (χ3n) is 5.07. The lowest BCUT2D eigenvalue weighted by atomic mass is 9.82. The Labute approximate surface area is 178 Å². The summed E-state index contributed by atoms with van der Waals surface area (Å²) in [5.41, 5.74) is 8.26. The number of ether oxygens (including phenoxy) is 4. The van der Waals surface area contributed by atoms with Crippen LogP contribution >= 0.6 is 11.6 Å². The molecule has 0 fully saturated rings. The summed E-state index contributed by atoms with van der Waals surface area (Å²) in [5, 5.41) is 11.1. The normalized spacial score (nSPS) is 15.2. The fraction of sp³-hybridized carbons (Fsp3) is 0.182. The molecule has 0 saturated heterocycles. The van der Waals surface area contributed by atoms with Crippen molar-refractivity contribution in [2.45, 2.75) is 5.92 Å². The monoisotopic (exact) mass is 423 g/mol. The van der Waals surface area contributed by atoms with Gasteiger partial charge in [0, 0.05) is 22.7 Å². The third-order valence-corrected chi connectivity index (χ3v) is 5.38. The van der Waals surface area contributed by atoms with Crippen LogP contribution in [0.3, 0.4) is 0 Å². The quantitative estimate of drug-likeness (QED) is 0.673. The Kier molecular flexibility index (Phi) is 5.02. The number of nitriles is 1. The predicted octanol–water partition coefficient (Wildman–Crippen LogP) is 4.13. The van der Waals surface area contributed by atoms with Crippen LogP contribution in [0.2, 0.25) is 5.02 Å². The van der Waals surface area contributed by atoms with Gasteiger partial charge in [-0.1, -0.05) is 17.7 Å². The Hall–Kier alpha value is -3.63. The van der Waals surface area contributed by atoms with Crippen molar-refractivity contribution in [2.75, 3.05) is 21.3 Å². The molecular weight excluding hydrogens is 406 g/mol. The number of hydrogen-bond donors (Lipinski definition) is 1. The zero-order chi connectivity index (χ0) is 21.4. The molecule has 2 aromatic carbocycles. The molecule has 2 N–H and O–H groups in total. The van der Waals surface area contributed by atoms with Crippen molar-refractivity contribution >= 4 is 22.5 Å². The van der Waals surface area contributed by atoms with Crippen LogP contribution in [0.4, 0.5) is 0 Å². The number of benzene rings is 2. The molecular formula is C22H18ClN3O4. The highest BCUT2D eigenvalue weighted by Gasteiger charge is 2.36. The Bertz CT molecular complexity index is 1230. The van der Waals surface area contributed by atoms with Crippen molar-refractivity contribution in [2.24, 2.45) is 5.73 Å². The second kappa shape index (κ2) is 7.65. The topological polar surface area (TPSA) is 99.6 Å². The van der Waals surface area contributed by atoms with Crippen LogP contribution in [0.1, 0.15) is 17.0 Å². The lowest BCUT2D eigenvalue weighted by Crippen LogP contribution is -2.22. The Balaban J connectivity index is 2.07. The summed E-state index contributed by atoms with van der Waals surface area (Å²) < 4.78 is 22.4. The maximum atomic E-state index is 9.88. The molecule has 4 rings (SSSR count). The summed E-state index contributed by atoms with van der Waals surface area (Å²) in [7, 11) is 4.58. The number of hydrogen-bond acceptors (Lipinski definition) is 7. The lowest BCUT2D eigenvalue weighted by molar-refractivity contribution is 0.321. The van der Waals surface area contributed by atoms with Gasteiger partial charge in [-0.25, -0.2) is 0 Å². The van der Waals surface area contributed by atoms with Gasteiger partial charge in [-0.2, -0.15) is 5.26 Å². The van der Waals surface area contributed by atoms with Crippen LogP contribution in [0, 0.1) is 11.3 Å². The molecule has 152 valence electrons. The van der Waals surface area contributed by atoms with Crippen LogP contribution in [0.5, 0.6) is 23.0 Å². The maximum Gasteiger partial charge on any atom is 0.205 e. The van der Waals surface area contributed by atoms with Gasteiger partial charge in [0.05, 0.1) is 32.3 Å². The molecule has 0 amide bonds. The van der Waals surface area contributed by atoms with E-state index >= 15 is 0 Å². The highest BCUT2D eigenvalue weighted by atomic mass is 35.5.